The first kappa shape index (κ1) is 13.7. The van der Waals surface area contributed by atoms with Gasteiger partial charge in [0.2, 0.25) is 0 Å². The van der Waals surface area contributed by atoms with Gasteiger partial charge in [0.1, 0.15) is 12.2 Å². The molecule has 4 heteroatoms. The van der Waals surface area contributed by atoms with Crippen LogP contribution < -0.4 is 5.32 Å². The van der Waals surface area contributed by atoms with E-state index in [2.05, 4.69) is 52.8 Å². The maximum atomic E-state index is 4.08. The van der Waals surface area contributed by atoms with Crippen LogP contribution in [0.5, 0.6) is 0 Å². The molecule has 1 N–H and O–H groups in total. The van der Waals surface area contributed by atoms with Crippen LogP contribution in [-0.2, 0) is 19.9 Å². The number of aryl methyl sites for hydroxylation is 2. The van der Waals surface area contributed by atoms with Gasteiger partial charge in [-0.1, -0.05) is 30.3 Å². The number of hydrogen-bond donors (Lipinski definition) is 1. The normalized spacial score (nSPS) is 12.5. The molecule has 102 valence electrons. The second-order valence-corrected chi connectivity index (χ2v) is 4.99. The van der Waals surface area contributed by atoms with E-state index in [1.807, 2.05) is 11.6 Å². The first-order chi connectivity index (χ1) is 9.25. The zero-order valence-electron chi connectivity index (χ0n) is 11.7. The second-order valence-electron chi connectivity index (χ2n) is 4.99. The Morgan fingerprint density at radius 1 is 1.21 bits per heavy atom. The Balaban J connectivity index is 1.65. The summed E-state index contributed by atoms with van der Waals surface area (Å²) in [5.74, 6) is 1.03. The smallest absolute Gasteiger partial charge is 0.133 e. The molecule has 0 saturated heterocycles. The molecule has 0 bridgehead atoms. The molecular formula is C15H22N4. The fourth-order valence-corrected chi connectivity index (χ4v) is 2.09. The van der Waals surface area contributed by atoms with Crippen molar-refractivity contribution in [2.75, 3.05) is 6.54 Å². The molecule has 0 aliphatic carbocycles. The van der Waals surface area contributed by atoms with Crippen molar-refractivity contribution in [1.29, 1.82) is 0 Å². The van der Waals surface area contributed by atoms with E-state index in [1.54, 1.807) is 6.33 Å². The molecule has 19 heavy (non-hydrogen) atoms. The van der Waals surface area contributed by atoms with Crippen LogP contribution in [-0.4, -0.2) is 27.4 Å². The van der Waals surface area contributed by atoms with Crippen LogP contribution in [0.25, 0.3) is 0 Å². The van der Waals surface area contributed by atoms with Gasteiger partial charge in [-0.25, -0.2) is 0 Å². The van der Waals surface area contributed by atoms with E-state index in [9.17, 15) is 0 Å². The Morgan fingerprint density at radius 3 is 2.68 bits per heavy atom. The molecule has 0 fully saturated rings. The maximum absolute atomic E-state index is 4.08. The highest BCUT2D eigenvalue weighted by atomic mass is 15.2. The lowest BCUT2D eigenvalue weighted by atomic mass is 10.1. The van der Waals surface area contributed by atoms with Gasteiger partial charge in [0.25, 0.3) is 0 Å². The molecule has 1 aromatic heterocycles. The van der Waals surface area contributed by atoms with Crippen LogP contribution in [0, 0.1) is 0 Å². The molecule has 0 radical (unpaired) electrons. The highest BCUT2D eigenvalue weighted by Crippen LogP contribution is 2.04. The number of nitrogens with one attached hydrogen (secondary N) is 1. The van der Waals surface area contributed by atoms with Gasteiger partial charge < -0.3 is 9.88 Å². The molecule has 2 rings (SSSR count). The summed E-state index contributed by atoms with van der Waals surface area (Å²) in [6.07, 6.45) is 4.95. The van der Waals surface area contributed by atoms with Crippen LogP contribution >= 0.6 is 0 Å². The predicted molar refractivity (Wildman–Crippen MR) is 76.9 cm³/mol. The molecule has 2 aromatic rings. The summed E-state index contributed by atoms with van der Waals surface area (Å²) in [6.45, 7) is 3.18. The molecule has 0 aliphatic heterocycles. The minimum atomic E-state index is 0.522. The lowest BCUT2D eigenvalue weighted by Crippen LogP contribution is -2.29. The Bertz CT molecular complexity index is 478. The van der Waals surface area contributed by atoms with E-state index in [0.29, 0.717) is 6.04 Å². The fourth-order valence-electron chi connectivity index (χ4n) is 2.09. The van der Waals surface area contributed by atoms with E-state index in [-0.39, 0.29) is 0 Å². The average Bonchev–Trinajstić information content (AvgIpc) is 2.83. The fraction of sp³-hybridized carbons (Fsp3) is 0.467. The standard InChI is InChI=1S/C15H22N4/c1-13(8-9-14-6-4-3-5-7-14)16-11-10-15-18-17-12-19(15)2/h3-7,12-13,16H,8-11H2,1-2H3. The number of benzene rings is 1. The zero-order valence-corrected chi connectivity index (χ0v) is 11.7. The molecule has 4 nitrogen and oxygen atoms in total. The molecule has 1 heterocycles. The number of nitrogens with zero attached hydrogens (tertiary/aromatic N) is 3. The number of hydrogen-bond acceptors (Lipinski definition) is 3. The van der Waals surface area contributed by atoms with Crippen molar-refractivity contribution in [1.82, 2.24) is 20.1 Å². The third-order valence-electron chi connectivity index (χ3n) is 3.36. The summed E-state index contributed by atoms with van der Waals surface area (Å²) in [6, 6.07) is 11.2. The van der Waals surface area contributed by atoms with Crippen LogP contribution in [0.2, 0.25) is 0 Å². The largest absolute Gasteiger partial charge is 0.321 e. The van der Waals surface area contributed by atoms with Crippen molar-refractivity contribution in [2.45, 2.75) is 32.2 Å². The van der Waals surface area contributed by atoms with Crippen molar-refractivity contribution in [3.05, 3.63) is 48.0 Å². The molecular weight excluding hydrogens is 236 g/mol. The van der Waals surface area contributed by atoms with E-state index in [0.717, 1.165) is 31.6 Å². The van der Waals surface area contributed by atoms with Crippen LogP contribution in [0.3, 0.4) is 0 Å². The SMILES string of the molecule is CC(CCc1ccccc1)NCCc1nncn1C. The van der Waals surface area contributed by atoms with Gasteiger partial charge in [-0.05, 0) is 25.3 Å². The first-order valence-corrected chi connectivity index (χ1v) is 6.86. The summed E-state index contributed by atoms with van der Waals surface area (Å²) in [4.78, 5) is 0. The minimum Gasteiger partial charge on any atom is -0.321 e. The molecule has 0 spiro atoms. The predicted octanol–water partition coefficient (Wildman–Crippen LogP) is 1.97. The highest BCUT2D eigenvalue weighted by Gasteiger charge is 2.04. The van der Waals surface area contributed by atoms with E-state index >= 15 is 0 Å². The topological polar surface area (TPSA) is 42.7 Å². The second kappa shape index (κ2) is 7.04. The molecule has 0 aliphatic rings. The Kier molecular flexibility index (Phi) is 5.10. The average molecular weight is 258 g/mol. The molecule has 0 saturated carbocycles. The monoisotopic (exact) mass is 258 g/mol. The van der Waals surface area contributed by atoms with Gasteiger partial charge in [-0.15, -0.1) is 10.2 Å². The van der Waals surface area contributed by atoms with Crippen molar-refractivity contribution in [3.63, 3.8) is 0 Å². The molecule has 0 amide bonds. The van der Waals surface area contributed by atoms with Gasteiger partial charge in [-0.3, -0.25) is 0 Å². The Labute approximate surface area is 114 Å². The van der Waals surface area contributed by atoms with Crippen molar-refractivity contribution in [3.8, 4) is 0 Å². The summed E-state index contributed by atoms with van der Waals surface area (Å²) in [5, 5.41) is 11.5. The van der Waals surface area contributed by atoms with Gasteiger partial charge in [0, 0.05) is 26.1 Å². The highest BCUT2D eigenvalue weighted by molar-refractivity contribution is 5.14. The third-order valence-corrected chi connectivity index (χ3v) is 3.36. The van der Waals surface area contributed by atoms with Crippen molar-refractivity contribution < 1.29 is 0 Å². The van der Waals surface area contributed by atoms with Gasteiger partial charge in [-0.2, -0.15) is 0 Å². The zero-order chi connectivity index (χ0) is 13.5. The third kappa shape index (κ3) is 4.48. The van der Waals surface area contributed by atoms with Gasteiger partial charge in [0.05, 0.1) is 0 Å². The molecule has 1 atom stereocenters. The van der Waals surface area contributed by atoms with Crippen LogP contribution in [0.4, 0.5) is 0 Å². The summed E-state index contributed by atoms with van der Waals surface area (Å²) in [7, 11) is 1.98. The van der Waals surface area contributed by atoms with Gasteiger partial charge in [0.15, 0.2) is 0 Å². The summed E-state index contributed by atoms with van der Waals surface area (Å²) in [5.41, 5.74) is 1.41. The van der Waals surface area contributed by atoms with Crippen molar-refractivity contribution >= 4 is 0 Å². The summed E-state index contributed by atoms with van der Waals surface area (Å²) >= 11 is 0. The van der Waals surface area contributed by atoms with E-state index in [1.165, 1.54) is 5.56 Å². The minimum absolute atomic E-state index is 0.522. The molecule has 1 unspecified atom stereocenters. The quantitative estimate of drug-likeness (QED) is 0.825. The Morgan fingerprint density at radius 2 is 2.00 bits per heavy atom. The van der Waals surface area contributed by atoms with Crippen molar-refractivity contribution in [2.24, 2.45) is 7.05 Å². The summed E-state index contributed by atoms with van der Waals surface area (Å²) < 4.78 is 1.97. The Hall–Kier alpha value is -1.68. The van der Waals surface area contributed by atoms with Crippen LogP contribution in [0.1, 0.15) is 24.7 Å². The lowest BCUT2D eigenvalue weighted by Gasteiger charge is -2.13. The van der Waals surface area contributed by atoms with E-state index in [4.69, 9.17) is 0 Å². The maximum Gasteiger partial charge on any atom is 0.133 e. The van der Waals surface area contributed by atoms with Gasteiger partial charge >= 0.3 is 0 Å². The first-order valence-electron chi connectivity index (χ1n) is 6.86. The van der Waals surface area contributed by atoms with E-state index < -0.39 is 0 Å². The number of rotatable bonds is 7. The number of aromatic nitrogens is 3. The van der Waals surface area contributed by atoms with Crippen LogP contribution in [0.15, 0.2) is 36.7 Å². The molecule has 1 aromatic carbocycles. The lowest BCUT2D eigenvalue weighted by molar-refractivity contribution is 0.511.